The third kappa shape index (κ3) is 6.27. The van der Waals surface area contributed by atoms with Gasteiger partial charge in [0.2, 0.25) is 0 Å². The fraction of sp³-hybridized carbons (Fsp3) is 0.438. The molecule has 0 radical (unpaired) electrons. The number of hydrogen-bond acceptors (Lipinski definition) is 5. The van der Waals surface area contributed by atoms with Crippen LogP contribution in [-0.2, 0) is 4.74 Å². The maximum atomic E-state index is 11.6. The first-order valence-corrected chi connectivity index (χ1v) is 7.03. The van der Waals surface area contributed by atoms with E-state index < -0.39 is 11.7 Å². The van der Waals surface area contributed by atoms with Crippen LogP contribution in [0.5, 0.6) is 0 Å². The number of nitrogens with zero attached hydrogens (tertiary/aromatic N) is 2. The van der Waals surface area contributed by atoms with Crippen LogP contribution in [0.1, 0.15) is 45.2 Å². The summed E-state index contributed by atoms with van der Waals surface area (Å²) in [5.74, 6) is 0.222. The van der Waals surface area contributed by atoms with Crippen LogP contribution in [0, 0.1) is 11.3 Å². The number of nitrogens with one attached hydrogen (secondary N) is 1. The molecular formula is C16H22N4O2. The first-order valence-electron chi connectivity index (χ1n) is 7.03. The predicted molar refractivity (Wildman–Crippen MR) is 85.8 cm³/mol. The number of rotatable bonds is 4. The smallest absolute Gasteiger partial charge is 0.407 e. The minimum Gasteiger partial charge on any atom is -0.444 e. The molecule has 0 unspecified atom stereocenters. The minimum atomic E-state index is -0.511. The molecule has 0 aromatic carbocycles. The molecule has 6 nitrogen and oxygen atoms in total. The molecular weight excluding hydrogens is 280 g/mol. The molecule has 0 aliphatic rings. The standard InChI is InChI=1S/C16H22N4O2/c1-11(20-15(21)22-16(2,3)4)6-5-7-12-8-13(9-17)14(18)19-10-12/h5,7-8,10-11H,6H2,1-4H3,(H2,18,19)(H,20,21)/b7-5+/t11-/m0/s1. The summed E-state index contributed by atoms with van der Waals surface area (Å²) in [6.07, 6.45) is 5.52. The molecule has 0 bridgehead atoms. The highest BCUT2D eigenvalue weighted by molar-refractivity contribution is 5.68. The van der Waals surface area contributed by atoms with Crippen molar-refractivity contribution in [3.63, 3.8) is 0 Å². The van der Waals surface area contributed by atoms with E-state index in [9.17, 15) is 4.79 Å². The number of hydrogen-bond donors (Lipinski definition) is 2. The largest absolute Gasteiger partial charge is 0.444 e. The van der Waals surface area contributed by atoms with Gasteiger partial charge in [-0.3, -0.25) is 0 Å². The summed E-state index contributed by atoms with van der Waals surface area (Å²) in [6.45, 7) is 7.34. The third-order valence-corrected chi connectivity index (χ3v) is 2.62. The molecule has 1 rings (SSSR count). The Bertz CT molecular complexity index is 597. The van der Waals surface area contributed by atoms with Crippen LogP contribution in [0.15, 0.2) is 18.3 Å². The first kappa shape index (κ1) is 17.5. The zero-order valence-electron chi connectivity index (χ0n) is 13.4. The van der Waals surface area contributed by atoms with Gasteiger partial charge in [-0.25, -0.2) is 9.78 Å². The number of nitriles is 1. The Morgan fingerprint density at radius 3 is 2.86 bits per heavy atom. The fourth-order valence-corrected chi connectivity index (χ4v) is 1.65. The van der Waals surface area contributed by atoms with Crippen molar-refractivity contribution in [1.82, 2.24) is 10.3 Å². The van der Waals surface area contributed by atoms with Gasteiger partial charge >= 0.3 is 6.09 Å². The Morgan fingerprint density at radius 2 is 2.27 bits per heavy atom. The van der Waals surface area contributed by atoms with Gasteiger partial charge in [0.15, 0.2) is 0 Å². The van der Waals surface area contributed by atoms with Crippen LogP contribution in [0.3, 0.4) is 0 Å². The summed E-state index contributed by atoms with van der Waals surface area (Å²) in [4.78, 5) is 15.6. The number of amides is 1. The topological polar surface area (TPSA) is 101 Å². The number of nitrogens with two attached hydrogens (primary N) is 1. The molecule has 22 heavy (non-hydrogen) atoms. The number of pyridine rings is 1. The van der Waals surface area contributed by atoms with Crippen molar-refractivity contribution in [2.45, 2.75) is 45.8 Å². The van der Waals surface area contributed by atoms with Crippen molar-refractivity contribution in [1.29, 1.82) is 5.26 Å². The number of nitrogen functional groups attached to an aromatic ring is 1. The molecule has 1 aromatic heterocycles. The Hall–Kier alpha value is -2.55. The molecule has 118 valence electrons. The summed E-state index contributed by atoms with van der Waals surface area (Å²) in [5.41, 5.74) is 6.19. The van der Waals surface area contributed by atoms with E-state index in [0.717, 1.165) is 5.56 Å². The molecule has 6 heteroatoms. The molecule has 1 amide bonds. The summed E-state index contributed by atoms with van der Waals surface area (Å²) in [5, 5.41) is 11.6. The molecule has 0 spiro atoms. The summed E-state index contributed by atoms with van der Waals surface area (Å²) >= 11 is 0. The summed E-state index contributed by atoms with van der Waals surface area (Å²) in [7, 11) is 0. The second-order valence-electron chi connectivity index (χ2n) is 6.00. The normalized spacial score (nSPS) is 12.7. The maximum absolute atomic E-state index is 11.6. The van der Waals surface area contributed by atoms with Gasteiger partial charge < -0.3 is 15.8 Å². The van der Waals surface area contributed by atoms with E-state index >= 15 is 0 Å². The SMILES string of the molecule is C[C@@H](C/C=C/c1cnc(N)c(C#N)c1)NC(=O)OC(C)(C)C. The van der Waals surface area contributed by atoms with E-state index in [1.54, 1.807) is 12.3 Å². The predicted octanol–water partition coefficient (Wildman–Crippen LogP) is 2.85. The second kappa shape index (κ2) is 7.46. The minimum absolute atomic E-state index is 0.0664. The lowest BCUT2D eigenvalue weighted by Gasteiger charge is -2.21. The number of anilines is 1. The first-order chi connectivity index (χ1) is 10.2. The number of carbonyl (C=O) groups is 1. The molecule has 0 saturated carbocycles. The van der Waals surface area contributed by atoms with Crippen LogP contribution in [0.25, 0.3) is 6.08 Å². The summed E-state index contributed by atoms with van der Waals surface area (Å²) in [6, 6.07) is 3.59. The summed E-state index contributed by atoms with van der Waals surface area (Å²) < 4.78 is 5.18. The maximum Gasteiger partial charge on any atom is 0.407 e. The van der Waals surface area contributed by atoms with E-state index in [2.05, 4.69) is 10.3 Å². The van der Waals surface area contributed by atoms with E-state index in [4.69, 9.17) is 15.7 Å². The fourth-order valence-electron chi connectivity index (χ4n) is 1.65. The van der Waals surface area contributed by atoms with Gasteiger partial charge in [-0.2, -0.15) is 5.26 Å². The quantitative estimate of drug-likeness (QED) is 0.890. The molecule has 0 aliphatic heterocycles. The Labute approximate surface area is 131 Å². The molecule has 1 atom stereocenters. The number of aromatic nitrogens is 1. The van der Waals surface area contributed by atoms with E-state index in [0.29, 0.717) is 12.0 Å². The van der Waals surface area contributed by atoms with Gasteiger partial charge in [0.1, 0.15) is 17.5 Å². The molecule has 0 aliphatic carbocycles. The molecule has 1 aromatic rings. The van der Waals surface area contributed by atoms with Crippen molar-refractivity contribution < 1.29 is 9.53 Å². The van der Waals surface area contributed by atoms with Gasteiger partial charge in [0.25, 0.3) is 0 Å². The van der Waals surface area contributed by atoms with Gasteiger partial charge in [-0.1, -0.05) is 12.2 Å². The van der Waals surface area contributed by atoms with Crippen LogP contribution in [0.4, 0.5) is 10.6 Å². The number of ether oxygens (including phenoxy) is 1. The van der Waals surface area contributed by atoms with Gasteiger partial charge in [-0.15, -0.1) is 0 Å². The Morgan fingerprint density at radius 1 is 1.59 bits per heavy atom. The van der Waals surface area contributed by atoms with Crippen molar-refractivity contribution in [3.8, 4) is 6.07 Å². The lowest BCUT2D eigenvalue weighted by Crippen LogP contribution is -2.37. The Kier molecular flexibility index (Phi) is 5.93. The van der Waals surface area contributed by atoms with Crippen molar-refractivity contribution >= 4 is 18.0 Å². The highest BCUT2D eigenvalue weighted by atomic mass is 16.6. The number of carbonyl (C=O) groups excluding carboxylic acids is 1. The van der Waals surface area contributed by atoms with Gasteiger partial charge in [0, 0.05) is 12.2 Å². The van der Waals surface area contributed by atoms with Gasteiger partial charge in [0.05, 0.1) is 5.56 Å². The average Bonchev–Trinajstić information content (AvgIpc) is 2.38. The molecule has 1 heterocycles. The highest BCUT2D eigenvalue weighted by Gasteiger charge is 2.17. The van der Waals surface area contributed by atoms with Crippen molar-refractivity contribution in [2.24, 2.45) is 0 Å². The highest BCUT2D eigenvalue weighted by Crippen LogP contribution is 2.11. The zero-order chi connectivity index (χ0) is 16.8. The van der Waals surface area contributed by atoms with E-state index in [1.807, 2.05) is 45.9 Å². The van der Waals surface area contributed by atoms with E-state index in [1.165, 1.54) is 0 Å². The van der Waals surface area contributed by atoms with Crippen molar-refractivity contribution in [2.75, 3.05) is 5.73 Å². The van der Waals surface area contributed by atoms with Crippen LogP contribution in [0.2, 0.25) is 0 Å². The van der Waals surface area contributed by atoms with Crippen LogP contribution >= 0.6 is 0 Å². The van der Waals surface area contributed by atoms with Crippen LogP contribution < -0.4 is 11.1 Å². The van der Waals surface area contributed by atoms with Gasteiger partial charge in [-0.05, 0) is 45.7 Å². The van der Waals surface area contributed by atoms with Crippen LogP contribution in [-0.4, -0.2) is 22.7 Å². The third-order valence-electron chi connectivity index (χ3n) is 2.62. The lowest BCUT2D eigenvalue weighted by atomic mass is 10.1. The Balaban J connectivity index is 2.52. The average molecular weight is 302 g/mol. The zero-order valence-corrected chi connectivity index (χ0v) is 13.4. The number of alkyl carbamates (subject to hydrolysis) is 1. The molecule has 3 N–H and O–H groups in total. The lowest BCUT2D eigenvalue weighted by molar-refractivity contribution is 0.0509. The molecule has 0 fully saturated rings. The molecule has 0 saturated heterocycles. The van der Waals surface area contributed by atoms with E-state index in [-0.39, 0.29) is 11.9 Å². The second-order valence-corrected chi connectivity index (χ2v) is 6.00. The van der Waals surface area contributed by atoms with Crippen molar-refractivity contribution in [3.05, 3.63) is 29.5 Å². The monoisotopic (exact) mass is 302 g/mol.